The van der Waals surface area contributed by atoms with Gasteiger partial charge in [0.05, 0.1) is 6.54 Å². The van der Waals surface area contributed by atoms with E-state index in [1.807, 2.05) is 37.1 Å². The highest BCUT2D eigenvalue weighted by Gasteiger charge is 2.24. The Morgan fingerprint density at radius 3 is 2.59 bits per heavy atom. The van der Waals surface area contributed by atoms with Crippen molar-refractivity contribution in [3.8, 4) is 5.88 Å². The van der Waals surface area contributed by atoms with Crippen LogP contribution in [0.4, 0.5) is 0 Å². The zero-order chi connectivity index (χ0) is 22.9. The molecule has 0 radical (unpaired) electrons. The molecule has 7 heteroatoms. The summed E-state index contributed by atoms with van der Waals surface area (Å²) in [5, 5.41) is 6.90. The van der Waals surface area contributed by atoms with E-state index >= 15 is 0 Å². The number of carbonyl (C=O) groups is 1. The van der Waals surface area contributed by atoms with Gasteiger partial charge in [-0.15, -0.1) is 0 Å². The number of amides is 1. The number of likely N-dealkylation sites (tertiary alicyclic amines) is 1. The molecule has 1 aliphatic carbocycles. The number of nitrogens with one attached hydrogen (secondary N) is 2. The zero-order valence-electron chi connectivity index (χ0n) is 20.3. The molecule has 0 spiro atoms. The molecule has 0 aromatic carbocycles. The van der Waals surface area contributed by atoms with E-state index in [-0.39, 0.29) is 17.9 Å². The molecule has 1 aliphatic heterocycles. The highest BCUT2D eigenvalue weighted by molar-refractivity contribution is 5.80. The van der Waals surface area contributed by atoms with E-state index in [4.69, 9.17) is 9.73 Å². The quantitative estimate of drug-likeness (QED) is 0.496. The van der Waals surface area contributed by atoms with Gasteiger partial charge >= 0.3 is 0 Å². The molecule has 0 bridgehead atoms. The summed E-state index contributed by atoms with van der Waals surface area (Å²) in [6.45, 7) is 11.3. The highest BCUT2D eigenvalue weighted by Crippen LogP contribution is 2.26. The van der Waals surface area contributed by atoms with Gasteiger partial charge in [0.15, 0.2) is 5.96 Å². The van der Waals surface area contributed by atoms with Crippen LogP contribution in [0.25, 0.3) is 0 Å². The average molecular weight is 444 g/mol. The molecule has 1 saturated heterocycles. The minimum Gasteiger partial charge on any atom is -0.474 e. The summed E-state index contributed by atoms with van der Waals surface area (Å²) in [7, 11) is 0. The van der Waals surface area contributed by atoms with Gasteiger partial charge in [-0.3, -0.25) is 4.79 Å². The van der Waals surface area contributed by atoms with Crippen LogP contribution < -0.4 is 15.4 Å². The van der Waals surface area contributed by atoms with E-state index in [1.165, 1.54) is 12.8 Å². The Labute approximate surface area is 193 Å². The maximum atomic E-state index is 12.2. The first kappa shape index (κ1) is 24.3. The molecule has 0 unspecified atom stereocenters. The monoisotopic (exact) mass is 443 g/mol. The van der Waals surface area contributed by atoms with Crippen LogP contribution in [0.2, 0.25) is 0 Å². The molecule has 2 aliphatic rings. The predicted molar refractivity (Wildman–Crippen MR) is 129 cm³/mol. The fraction of sp³-hybridized carbons (Fsp3) is 0.720. The molecule has 7 nitrogen and oxygen atoms in total. The second kappa shape index (κ2) is 12.1. The summed E-state index contributed by atoms with van der Waals surface area (Å²) in [5.41, 5.74) is 1.09. The number of carbonyl (C=O) groups excluding carboxylic acids is 1. The van der Waals surface area contributed by atoms with Crippen molar-refractivity contribution in [3.63, 3.8) is 0 Å². The molecule has 1 amide bonds. The van der Waals surface area contributed by atoms with E-state index in [9.17, 15) is 4.79 Å². The minimum atomic E-state index is 0.0642. The van der Waals surface area contributed by atoms with E-state index in [0.29, 0.717) is 18.5 Å². The second-order valence-corrected chi connectivity index (χ2v) is 9.60. The Bertz CT molecular complexity index is 750. The summed E-state index contributed by atoms with van der Waals surface area (Å²) in [6, 6.07) is 4.34. The molecular weight excluding hydrogens is 402 g/mol. The summed E-state index contributed by atoms with van der Waals surface area (Å²) < 4.78 is 6.14. The van der Waals surface area contributed by atoms with E-state index in [2.05, 4.69) is 29.5 Å². The number of hydrogen-bond donors (Lipinski definition) is 2. The Morgan fingerprint density at radius 1 is 1.22 bits per heavy atom. The second-order valence-electron chi connectivity index (χ2n) is 9.60. The number of piperidine rings is 1. The first-order chi connectivity index (χ1) is 15.4. The topological polar surface area (TPSA) is 78.9 Å². The molecule has 1 aromatic heterocycles. The van der Waals surface area contributed by atoms with Crippen molar-refractivity contribution in [1.82, 2.24) is 20.5 Å². The van der Waals surface area contributed by atoms with Crippen molar-refractivity contribution in [2.75, 3.05) is 19.6 Å². The van der Waals surface area contributed by atoms with Gasteiger partial charge in [0, 0.05) is 43.9 Å². The number of hydrogen-bond acceptors (Lipinski definition) is 4. The van der Waals surface area contributed by atoms with Crippen LogP contribution in [0.15, 0.2) is 23.3 Å². The van der Waals surface area contributed by atoms with Gasteiger partial charge in [0.2, 0.25) is 11.8 Å². The van der Waals surface area contributed by atoms with Gasteiger partial charge in [0.25, 0.3) is 0 Å². The summed E-state index contributed by atoms with van der Waals surface area (Å²) >= 11 is 0. The molecule has 1 saturated carbocycles. The lowest BCUT2D eigenvalue weighted by molar-refractivity contribution is -0.135. The Hall–Kier alpha value is -2.31. The lowest BCUT2D eigenvalue weighted by Gasteiger charge is -2.34. The summed E-state index contributed by atoms with van der Waals surface area (Å²) in [6.07, 6.45) is 8.67. The van der Waals surface area contributed by atoms with E-state index in [0.717, 1.165) is 62.8 Å². The molecule has 3 rings (SSSR count). The first-order valence-electron chi connectivity index (χ1n) is 12.4. The number of guanidine groups is 1. The molecule has 2 N–H and O–H groups in total. The number of rotatable bonds is 7. The van der Waals surface area contributed by atoms with Crippen molar-refractivity contribution in [1.29, 1.82) is 0 Å². The molecule has 1 aromatic rings. The lowest BCUT2D eigenvalue weighted by Crippen LogP contribution is -2.50. The Balaban J connectivity index is 1.52. The normalized spacial score (nSPS) is 22.7. The standard InChI is InChI=1S/C25H41N5O2/c1-5-26-25(29-21-11-14-30(15-12-21)24(31)18(2)3)28-17-20-10-13-27-23(16-20)32-22-8-6-19(4)7-9-22/h10,13,16,18-19,21-22H,5-9,11-12,14-15,17H2,1-4H3,(H2,26,28,29). The number of ether oxygens (including phenoxy) is 1. The van der Waals surface area contributed by atoms with Crippen LogP contribution in [0.1, 0.15) is 71.8 Å². The van der Waals surface area contributed by atoms with Gasteiger partial charge in [-0.25, -0.2) is 9.98 Å². The number of nitrogens with zero attached hydrogens (tertiary/aromatic N) is 3. The number of aromatic nitrogens is 1. The maximum absolute atomic E-state index is 12.2. The van der Waals surface area contributed by atoms with Gasteiger partial charge in [-0.05, 0) is 63.0 Å². The minimum absolute atomic E-state index is 0.0642. The van der Waals surface area contributed by atoms with Crippen molar-refractivity contribution in [3.05, 3.63) is 23.9 Å². The molecule has 2 fully saturated rings. The lowest BCUT2D eigenvalue weighted by atomic mass is 9.89. The molecular formula is C25H41N5O2. The average Bonchev–Trinajstić information content (AvgIpc) is 2.79. The SMILES string of the molecule is CCNC(=NCc1ccnc(OC2CCC(C)CC2)c1)NC1CCN(C(=O)C(C)C)CC1. The van der Waals surface area contributed by atoms with Crippen molar-refractivity contribution in [2.45, 2.75) is 84.9 Å². The van der Waals surface area contributed by atoms with Gasteiger partial charge in [-0.1, -0.05) is 20.8 Å². The Kier molecular flexibility index (Phi) is 9.18. The third kappa shape index (κ3) is 7.38. The van der Waals surface area contributed by atoms with Crippen LogP contribution in [-0.4, -0.2) is 53.5 Å². The summed E-state index contributed by atoms with van der Waals surface area (Å²) in [5.74, 6) is 2.65. The van der Waals surface area contributed by atoms with Crippen LogP contribution in [0.3, 0.4) is 0 Å². The summed E-state index contributed by atoms with van der Waals surface area (Å²) in [4.78, 5) is 23.4. The highest BCUT2D eigenvalue weighted by atomic mass is 16.5. The van der Waals surface area contributed by atoms with Crippen LogP contribution in [0, 0.1) is 11.8 Å². The van der Waals surface area contributed by atoms with Crippen molar-refractivity contribution in [2.24, 2.45) is 16.8 Å². The van der Waals surface area contributed by atoms with Crippen molar-refractivity contribution < 1.29 is 9.53 Å². The van der Waals surface area contributed by atoms with Gasteiger partial charge in [0.1, 0.15) is 6.10 Å². The first-order valence-corrected chi connectivity index (χ1v) is 12.4. The largest absolute Gasteiger partial charge is 0.474 e. The molecule has 32 heavy (non-hydrogen) atoms. The Morgan fingerprint density at radius 2 is 1.94 bits per heavy atom. The van der Waals surface area contributed by atoms with Crippen LogP contribution >= 0.6 is 0 Å². The predicted octanol–water partition coefficient (Wildman–Crippen LogP) is 3.74. The smallest absolute Gasteiger partial charge is 0.225 e. The van der Waals surface area contributed by atoms with Crippen LogP contribution in [0.5, 0.6) is 5.88 Å². The molecule has 2 heterocycles. The number of pyridine rings is 1. The van der Waals surface area contributed by atoms with Crippen LogP contribution in [-0.2, 0) is 11.3 Å². The number of aliphatic imine (C=N–C) groups is 1. The molecule has 178 valence electrons. The zero-order valence-corrected chi connectivity index (χ0v) is 20.3. The van der Waals surface area contributed by atoms with Gasteiger partial charge in [-0.2, -0.15) is 0 Å². The van der Waals surface area contributed by atoms with E-state index < -0.39 is 0 Å². The third-order valence-corrected chi connectivity index (χ3v) is 6.45. The third-order valence-electron chi connectivity index (χ3n) is 6.45. The van der Waals surface area contributed by atoms with Gasteiger partial charge < -0.3 is 20.3 Å². The fourth-order valence-electron chi connectivity index (χ4n) is 4.42. The fourth-order valence-corrected chi connectivity index (χ4v) is 4.42. The maximum Gasteiger partial charge on any atom is 0.225 e. The van der Waals surface area contributed by atoms with Crippen molar-refractivity contribution >= 4 is 11.9 Å². The van der Waals surface area contributed by atoms with E-state index in [1.54, 1.807) is 0 Å². The molecule has 0 atom stereocenters.